The second-order valence-electron chi connectivity index (χ2n) is 13.0. The molecule has 4 aliphatic rings. The summed E-state index contributed by atoms with van der Waals surface area (Å²) in [4.78, 5) is 18.5. The van der Waals surface area contributed by atoms with Gasteiger partial charge in [0.15, 0.2) is 5.79 Å². The zero-order chi connectivity index (χ0) is 30.8. The minimum atomic E-state index is -0.378. The second kappa shape index (κ2) is 13.4. The van der Waals surface area contributed by atoms with E-state index in [9.17, 15) is 9.90 Å². The molecule has 2 unspecified atom stereocenters. The number of carbonyl (C=O) groups is 1. The fraction of sp³-hybridized carbons (Fsp3) is 0.486. The van der Waals surface area contributed by atoms with E-state index in [4.69, 9.17) is 25.8 Å². The van der Waals surface area contributed by atoms with Crippen molar-refractivity contribution in [3.63, 3.8) is 0 Å². The van der Waals surface area contributed by atoms with Crippen LogP contribution in [0.4, 0.5) is 0 Å². The molecule has 0 aromatic heterocycles. The number of aliphatic hydroxyl groups excluding tert-OH is 1. The molecule has 238 valence electrons. The molecule has 1 spiro atoms. The van der Waals surface area contributed by atoms with Gasteiger partial charge in [-0.05, 0) is 91.3 Å². The lowest BCUT2D eigenvalue weighted by molar-refractivity contribution is -0.178. The van der Waals surface area contributed by atoms with Gasteiger partial charge in [0.1, 0.15) is 11.5 Å². The van der Waals surface area contributed by atoms with Gasteiger partial charge in [0.05, 0.1) is 19.8 Å². The summed E-state index contributed by atoms with van der Waals surface area (Å²) in [6, 6.07) is 22.3. The molecule has 2 saturated carbocycles. The number of fused-ring (bicyclic) bond motifs is 1. The van der Waals surface area contributed by atoms with E-state index in [2.05, 4.69) is 34.1 Å². The summed E-state index contributed by atoms with van der Waals surface area (Å²) in [5.41, 5.74) is 3.92. The number of piperazine rings is 1. The van der Waals surface area contributed by atoms with Crippen molar-refractivity contribution in [1.82, 2.24) is 9.80 Å². The highest BCUT2D eigenvalue weighted by molar-refractivity contribution is 6.30. The molecule has 8 heteroatoms. The van der Waals surface area contributed by atoms with Crippen LogP contribution in [0.25, 0.3) is 0 Å². The Balaban J connectivity index is 0.991. The smallest absolute Gasteiger partial charge is 0.254 e. The van der Waals surface area contributed by atoms with Gasteiger partial charge in [-0.15, -0.1) is 0 Å². The van der Waals surface area contributed by atoms with Crippen molar-refractivity contribution in [3.8, 4) is 11.5 Å². The Bertz CT molecular complexity index is 1460. The predicted molar refractivity (Wildman–Crippen MR) is 174 cm³/mol. The maximum atomic E-state index is 13.8. The maximum Gasteiger partial charge on any atom is 0.254 e. The molecule has 3 aromatic carbocycles. The molecule has 4 fully saturated rings. The van der Waals surface area contributed by atoms with Crippen molar-refractivity contribution < 1.29 is 24.1 Å². The number of rotatable bonds is 7. The zero-order valence-corrected chi connectivity index (χ0v) is 26.6. The van der Waals surface area contributed by atoms with Crippen LogP contribution in [-0.4, -0.2) is 65.0 Å². The lowest BCUT2D eigenvalue weighted by Crippen LogP contribution is -2.61. The molecule has 7 nitrogen and oxygen atoms in total. The van der Waals surface area contributed by atoms with Crippen LogP contribution in [0.5, 0.6) is 11.5 Å². The normalized spacial score (nSPS) is 23.6. The van der Waals surface area contributed by atoms with Crippen molar-refractivity contribution in [2.45, 2.75) is 88.3 Å². The molecule has 2 heterocycles. The number of hydrogen-bond donors (Lipinski definition) is 1. The molecule has 0 radical (unpaired) electrons. The van der Waals surface area contributed by atoms with Gasteiger partial charge in [-0.3, -0.25) is 9.69 Å². The summed E-state index contributed by atoms with van der Waals surface area (Å²) in [5.74, 6) is 1.41. The molecule has 2 aliphatic carbocycles. The third-order valence-electron chi connectivity index (χ3n) is 10.4. The van der Waals surface area contributed by atoms with Gasteiger partial charge in [-0.2, -0.15) is 0 Å². The average molecular weight is 631 g/mol. The Morgan fingerprint density at radius 3 is 2.31 bits per heavy atom. The topological polar surface area (TPSA) is 71.5 Å². The molecule has 1 amide bonds. The Morgan fingerprint density at radius 2 is 1.60 bits per heavy atom. The lowest BCUT2D eigenvalue weighted by Gasteiger charge is -2.50. The summed E-state index contributed by atoms with van der Waals surface area (Å²) in [7, 11) is 0. The third kappa shape index (κ3) is 6.65. The van der Waals surface area contributed by atoms with Gasteiger partial charge in [0, 0.05) is 60.7 Å². The first-order chi connectivity index (χ1) is 22.0. The van der Waals surface area contributed by atoms with Crippen LogP contribution in [0, 0.1) is 0 Å². The van der Waals surface area contributed by atoms with E-state index < -0.39 is 0 Å². The largest absolute Gasteiger partial charge is 0.457 e. The highest BCUT2D eigenvalue weighted by atomic mass is 35.5. The van der Waals surface area contributed by atoms with Gasteiger partial charge in [0.25, 0.3) is 5.91 Å². The summed E-state index contributed by atoms with van der Waals surface area (Å²) in [6.45, 7) is 3.73. The molecule has 45 heavy (non-hydrogen) atoms. The first kappa shape index (κ1) is 30.7. The summed E-state index contributed by atoms with van der Waals surface area (Å²) >= 11 is 6.11. The number of nitrogens with zero attached hydrogens (tertiary/aromatic N) is 2. The van der Waals surface area contributed by atoms with Crippen molar-refractivity contribution in [1.29, 1.82) is 0 Å². The van der Waals surface area contributed by atoms with Crippen molar-refractivity contribution in [2.24, 2.45) is 0 Å². The minimum absolute atomic E-state index is 0.0904. The molecular weight excluding hydrogens is 588 g/mol. The Hall–Kier alpha value is -2.94. The van der Waals surface area contributed by atoms with Gasteiger partial charge in [0.2, 0.25) is 0 Å². The fourth-order valence-electron chi connectivity index (χ4n) is 7.93. The summed E-state index contributed by atoms with van der Waals surface area (Å²) < 4.78 is 18.0. The Labute approximate surface area is 271 Å². The summed E-state index contributed by atoms with van der Waals surface area (Å²) in [6.07, 6.45) is 8.31. The van der Waals surface area contributed by atoms with Gasteiger partial charge in [-0.1, -0.05) is 42.6 Å². The second-order valence-corrected chi connectivity index (χ2v) is 13.5. The average Bonchev–Trinajstić information content (AvgIpc) is 3.54. The molecule has 7 rings (SSSR count). The quantitative estimate of drug-likeness (QED) is 0.296. The van der Waals surface area contributed by atoms with Crippen LogP contribution in [0.1, 0.15) is 84.3 Å². The van der Waals surface area contributed by atoms with Crippen molar-refractivity contribution in [3.05, 3.63) is 94.0 Å². The number of hydrogen-bond acceptors (Lipinski definition) is 6. The van der Waals surface area contributed by atoms with Gasteiger partial charge in [-0.25, -0.2) is 0 Å². The fourth-order valence-corrected chi connectivity index (χ4v) is 8.06. The molecule has 2 atom stereocenters. The first-order valence-electron chi connectivity index (χ1n) is 16.6. The van der Waals surface area contributed by atoms with E-state index in [1.807, 2.05) is 42.5 Å². The zero-order valence-electron chi connectivity index (χ0n) is 25.8. The van der Waals surface area contributed by atoms with Gasteiger partial charge < -0.3 is 24.2 Å². The molecular formula is C37H43ClN2O5. The van der Waals surface area contributed by atoms with E-state index in [0.29, 0.717) is 42.2 Å². The number of halogens is 1. The maximum absolute atomic E-state index is 13.8. The van der Waals surface area contributed by atoms with E-state index in [1.54, 1.807) is 0 Å². The number of aliphatic hydroxyl groups is 1. The van der Waals surface area contributed by atoms with E-state index in [-0.39, 0.29) is 24.3 Å². The van der Waals surface area contributed by atoms with E-state index in [1.165, 1.54) is 17.5 Å². The Morgan fingerprint density at radius 1 is 0.889 bits per heavy atom. The molecule has 1 N–H and O–H groups in total. The van der Waals surface area contributed by atoms with Crippen LogP contribution in [0.3, 0.4) is 0 Å². The molecule has 3 aromatic rings. The lowest BCUT2D eigenvalue weighted by atomic mass is 9.80. The van der Waals surface area contributed by atoms with Crippen LogP contribution < -0.4 is 4.74 Å². The standard InChI is InChI=1S/C37H43ClN2O5/c38-31-10-5-26(6-11-31)24-39-19-20-40(34-4-2-1-3-33(34)39)36(42)28-7-12-32(13-8-28)45-35-14-9-29(23-30(35)25-41)27-15-17-37(18-16-27)43-21-22-44-37/h5-14,23,27,33-34,41H,1-4,15-22,24-25H2. The Kier molecular flexibility index (Phi) is 9.16. The third-order valence-corrected chi connectivity index (χ3v) is 10.6. The van der Waals surface area contributed by atoms with Crippen molar-refractivity contribution >= 4 is 17.5 Å². The molecule has 2 saturated heterocycles. The minimum Gasteiger partial charge on any atom is -0.457 e. The number of ether oxygens (including phenoxy) is 3. The van der Waals surface area contributed by atoms with E-state index >= 15 is 0 Å². The van der Waals surface area contributed by atoms with Crippen molar-refractivity contribution in [2.75, 3.05) is 26.3 Å². The number of carbonyl (C=O) groups excluding carboxylic acids is 1. The monoisotopic (exact) mass is 630 g/mol. The SMILES string of the molecule is O=C(c1ccc(Oc2ccc(C3CCC4(CC3)OCCO4)cc2CO)cc1)N1CCN(Cc2ccc(Cl)cc2)C2CCCCC21. The molecule has 0 bridgehead atoms. The van der Waals surface area contributed by atoms with Gasteiger partial charge >= 0.3 is 0 Å². The van der Waals surface area contributed by atoms with Crippen LogP contribution in [0.15, 0.2) is 66.7 Å². The highest BCUT2D eigenvalue weighted by Gasteiger charge is 2.41. The predicted octanol–water partition coefficient (Wildman–Crippen LogP) is 7.29. The summed E-state index contributed by atoms with van der Waals surface area (Å²) in [5, 5.41) is 10.9. The first-order valence-corrected chi connectivity index (χ1v) is 17.0. The van der Waals surface area contributed by atoms with Crippen LogP contribution in [-0.2, 0) is 22.6 Å². The van der Waals surface area contributed by atoms with E-state index in [0.717, 1.165) is 75.2 Å². The number of benzene rings is 3. The number of amides is 1. The van der Waals surface area contributed by atoms with Crippen LogP contribution >= 0.6 is 11.6 Å². The highest BCUT2D eigenvalue weighted by Crippen LogP contribution is 2.43. The molecule has 2 aliphatic heterocycles. The van der Waals surface area contributed by atoms with Crippen LogP contribution in [0.2, 0.25) is 5.02 Å².